The van der Waals surface area contributed by atoms with Gasteiger partial charge in [0.2, 0.25) is 0 Å². The third-order valence-electron chi connectivity index (χ3n) is 5.42. The highest BCUT2D eigenvalue weighted by atomic mass is 35.5. The largest absolute Gasteiger partial charge is 0.504 e. The van der Waals surface area contributed by atoms with Crippen molar-refractivity contribution in [2.24, 2.45) is 5.10 Å². The fourth-order valence-corrected chi connectivity index (χ4v) is 3.94. The normalized spacial score (nSPS) is 17.1. The maximum Gasteiger partial charge on any atom is 0.258 e. The molecule has 1 atom stereocenters. The summed E-state index contributed by atoms with van der Waals surface area (Å²) < 4.78 is 5.30. The van der Waals surface area contributed by atoms with E-state index in [4.69, 9.17) is 21.4 Å². The number of aromatic hydroxyl groups is 1. The van der Waals surface area contributed by atoms with Crippen LogP contribution in [-0.4, -0.2) is 40.3 Å². The number of benzene rings is 3. The zero-order chi connectivity index (χ0) is 22.7. The van der Waals surface area contributed by atoms with Crippen molar-refractivity contribution in [1.82, 2.24) is 9.91 Å². The maximum absolute atomic E-state index is 13.1. The fourth-order valence-electron chi connectivity index (χ4n) is 3.81. The molecular weight excluding hydrogens is 426 g/mol. The molecule has 0 aliphatic carbocycles. The molecule has 32 heavy (non-hydrogen) atoms. The van der Waals surface area contributed by atoms with Crippen molar-refractivity contribution in [3.05, 3.63) is 94.5 Å². The second kappa shape index (κ2) is 9.42. The zero-order valence-corrected chi connectivity index (χ0v) is 18.7. The standard InChI is InChI=1S/C25H24ClN3O3/c1-17(19-8-11-21(26)12-9-19)27-29-24(31)16-28(15-18-6-4-3-5-7-18)25(29)20-10-13-22(30)23(14-20)32-2/h3-14,25,30H,15-16H2,1-2H3/b27-17-/t25-/m1/s1. The van der Waals surface area contributed by atoms with Crippen LogP contribution in [0.4, 0.5) is 0 Å². The Hall–Kier alpha value is -3.35. The van der Waals surface area contributed by atoms with Crippen molar-refractivity contribution in [1.29, 1.82) is 0 Å². The Morgan fingerprint density at radius 2 is 1.84 bits per heavy atom. The molecule has 1 fully saturated rings. The van der Waals surface area contributed by atoms with Crippen LogP contribution in [0.5, 0.6) is 11.5 Å². The molecule has 7 heteroatoms. The summed E-state index contributed by atoms with van der Waals surface area (Å²) in [6.07, 6.45) is -0.445. The van der Waals surface area contributed by atoms with Crippen LogP contribution in [0.2, 0.25) is 5.02 Å². The van der Waals surface area contributed by atoms with Gasteiger partial charge in [-0.15, -0.1) is 0 Å². The molecular formula is C25H24ClN3O3. The van der Waals surface area contributed by atoms with Crippen LogP contribution in [0.1, 0.15) is 29.8 Å². The van der Waals surface area contributed by atoms with Gasteiger partial charge in [0.1, 0.15) is 6.17 Å². The van der Waals surface area contributed by atoms with E-state index in [1.807, 2.05) is 49.4 Å². The van der Waals surface area contributed by atoms with Crippen molar-refractivity contribution in [3.63, 3.8) is 0 Å². The molecule has 0 bridgehead atoms. The highest BCUT2D eigenvalue weighted by molar-refractivity contribution is 6.30. The molecule has 3 aromatic rings. The molecule has 164 valence electrons. The highest BCUT2D eigenvalue weighted by Crippen LogP contribution is 2.37. The lowest BCUT2D eigenvalue weighted by Crippen LogP contribution is -2.29. The molecule has 1 amide bonds. The first-order chi connectivity index (χ1) is 15.5. The Labute approximate surface area is 192 Å². The van der Waals surface area contributed by atoms with E-state index in [2.05, 4.69) is 4.90 Å². The summed E-state index contributed by atoms with van der Waals surface area (Å²) in [5, 5.41) is 16.9. The van der Waals surface area contributed by atoms with Crippen molar-refractivity contribution in [2.45, 2.75) is 19.6 Å². The number of amides is 1. The number of nitrogens with zero attached hydrogens (tertiary/aromatic N) is 3. The van der Waals surface area contributed by atoms with Crippen molar-refractivity contribution in [3.8, 4) is 11.5 Å². The minimum atomic E-state index is -0.445. The number of hydrogen-bond acceptors (Lipinski definition) is 5. The van der Waals surface area contributed by atoms with Gasteiger partial charge in [-0.3, -0.25) is 9.69 Å². The van der Waals surface area contributed by atoms with Crippen LogP contribution < -0.4 is 4.74 Å². The lowest BCUT2D eigenvalue weighted by atomic mass is 10.1. The molecule has 3 aromatic carbocycles. The van der Waals surface area contributed by atoms with E-state index in [-0.39, 0.29) is 18.2 Å². The molecule has 0 spiro atoms. The molecule has 1 N–H and O–H groups in total. The van der Waals surface area contributed by atoms with Gasteiger partial charge in [0.15, 0.2) is 11.5 Å². The minimum Gasteiger partial charge on any atom is -0.504 e. The third kappa shape index (κ3) is 4.61. The minimum absolute atomic E-state index is 0.0441. The van der Waals surface area contributed by atoms with Gasteiger partial charge in [-0.05, 0) is 47.9 Å². The monoisotopic (exact) mass is 449 g/mol. The number of carbonyl (C=O) groups excluding carboxylic acids is 1. The van der Waals surface area contributed by atoms with Crippen LogP contribution in [0, 0.1) is 0 Å². The first-order valence-corrected chi connectivity index (χ1v) is 10.6. The number of carbonyl (C=O) groups is 1. The average molecular weight is 450 g/mol. The van der Waals surface area contributed by atoms with E-state index in [0.717, 1.165) is 16.7 Å². The summed E-state index contributed by atoms with van der Waals surface area (Å²) in [5.74, 6) is 0.286. The predicted molar refractivity (Wildman–Crippen MR) is 125 cm³/mol. The molecule has 1 saturated heterocycles. The quantitative estimate of drug-likeness (QED) is 0.548. The van der Waals surface area contributed by atoms with E-state index >= 15 is 0 Å². The summed E-state index contributed by atoms with van der Waals surface area (Å²) in [7, 11) is 1.50. The number of phenols is 1. The van der Waals surface area contributed by atoms with E-state index < -0.39 is 6.17 Å². The van der Waals surface area contributed by atoms with Gasteiger partial charge < -0.3 is 9.84 Å². The number of rotatable bonds is 6. The molecule has 1 aliphatic rings. The average Bonchev–Trinajstić information content (AvgIpc) is 3.09. The molecule has 0 radical (unpaired) electrons. The van der Waals surface area contributed by atoms with Gasteiger partial charge in [-0.2, -0.15) is 5.10 Å². The second-order valence-electron chi connectivity index (χ2n) is 7.63. The summed E-state index contributed by atoms with van der Waals surface area (Å²) >= 11 is 6.01. The molecule has 1 aliphatic heterocycles. The Bertz CT molecular complexity index is 1130. The van der Waals surface area contributed by atoms with Crippen LogP contribution in [-0.2, 0) is 11.3 Å². The van der Waals surface area contributed by atoms with E-state index in [9.17, 15) is 9.90 Å². The first-order valence-electron chi connectivity index (χ1n) is 10.2. The second-order valence-corrected chi connectivity index (χ2v) is 8.06. The molecule has 6 nitrogen and oxygen atoms in total. The highest BCUT2D eigenvalue weighted by Gasteiger charge is 2.39. The third-order valence-corrected chi connectivity index (χ3v) is 5.67. The van der Waals surface area contributed by atoms with Gasteiger partial charge in [0.05, 0.1) is 19.4 Å². The van der Waals surface area contributed by atoms with Gasteiger partial charge in [0.25, 0.3) is 5.91 Å². The smallest absolute Gasteiger partial charge is 0.258 e. The van der Waals surface area contributed by atoms with Crippen molar-refractivity contribution in [2.75, 3.05) is 13.7 Å². The van der Waals surface area contributed by atoms with Gasteiger partial charge in [-0.25, -0.2) is 5.01 Å². The maximum atomic E-state index is 13.1. The SMILES string of the molecule is COc1cc([C@@H]2N(Cc3ccccc3)CC(=O)N2/N=C(/C)c2ccc(Cl)cc2)ccc1O. The topological polar surface area (TPSA) is 65.4 Å². The summed E-state index contributed by atoms with van der Waals surface area (Å²) in [6.45, 7) is 2.66. The van der Waals surface area contributed by atoms with Gasteiger partial charge >= 0.3 is 0 Å². The van der Waals surface area contributed by atoms with E-state index in [1.54, 1.807) is 30.3 Å². The Kier molecular flexibility index (Phi) is 6.44. The Morgan fingerprint density at radius 3 is 2.53 bits per heavy atom. The van der Waals surface area contributed by atoms with Crippen molar-refractivity contribution < 1.29 is 14.6 Å². The zero-order valence-electron chi connectivity index (χ0n) is 17.9. The summed E-state index contributed by atoms with van der Waals surface area (Å²) in [4.78, 5) is 15.1. The molecule has 0 aromatic heterocycles. The summed E-state index contributed by atoms with van der Waals surface area (Å²) in [5.41, 5.74) is 3.48. The number of methoxy groups -OCH3 is 1. The van der Waals surface area contributed by atoms with E-state index in [1.165, 1.54) is 12.1 Å². The van der Waals surface area contributed by atoms with Crippen LogP contribution in [0.15, 0.2) is 77.9 Å². The Morgan fingerprint density at radius 1 is 1.12 bits per heavy atom. The lowest BCUT2D eigenvalue weighted by molar-refractivity contribution is -0.128. The molecule has 4 rings (SSSR count). The van der Waals surface area contributed by atoms with Crippen LogP contribution in [0.25, 0.3) is 0 Å². The van der Waals surface area contributed by atoms with Crippen molar-refractivity contribution >= 4 is 23.2 Å². The number of hydrogen-bond donors (Lipinski definition) is 1. The first kappa shape index (κ1) is 21.9. The number of hydrazone groups is 1. The Balaban J connectivity index is 1.73. The molecule has 0 saturated carbocycles. The van der Waals surface area contributed by atoms with E-state index in [0.29, 0.717) is 23.0 Å². The number of ether oxygens (including phenoxy) is 1. The molecule has 1 heterocycles. The number of halogens is 1. The van der Waals surface area contributed by atoms with Gasteiger partial charge in [0, 0.05) is 11.6 Å². The fraction of sp³-hybridized carbons (Fsp3) is 0.200. The summed E-state index contributed by atoms with van der Waals surface area (Å²) in [6, 6.07) is 22.4. The number of phenolic OH excluding ortho intramolecular Hbond substituents is 1. The van der Waals surface area contributed by atoms with Crippen LogP contribution in [0.3, 0.4) is 0 Å². The van der Waals surface area contributed by atoms with Crippen LogP contribution >= 0.6 is 11.6 Å². The lowest BCUT2D eigenvalue weighted by Gasteiger charge is -2.28. The predicted octanol–water partition coefficient (Wildman–Crippen LogP) is 4.82. The van der Waals surface area contributed by atoms with Gasteiger partial charge in [-0.1, -0.05) is 60.1 Å². The molecule has 0 unspecified atom stereocenters.